The van der Waals surface area contributed by atoms with Crippen LogP contribution in [0.1, 0.15) is 11.1 Å². The molecule has 0 bridgehead atoms. The molecule has 0 spiro atoms. The monoisotopic (exact) mass is 404 g/mol. The molecule has 1 amide bonds. The fourth-order valence-electron chi connectivity index (χ4n) is 2.90. The zero-order chi connectivity index (χ0) is 21.3. The maximum atomic E-state index is 12.0. The predicted molar refractivity (Wildman–Crippen MR) is 117 cm³/mol. The molecule has 154 valence electrons. The van der Waals surface area contributed by atoms with Crippen LogP contribution in [0.4, 0.5) is 17.1 Å². The molecule has 30 heavy (non-hydrogen) atoms. The number of hydrogen-bond donors (Lipinski definition) is 2. The molecule has 6 nitrogen and oxygen atoms in total. The Bertz CT molecular complexity index is 981. The summed E-state index contributed by atoms with van der Waals surface area (Å²) in [6.07, 6.45) is 0. The summed E-state index contributed by atoms with van der Waals surface area (Å²) in [7, 11) is 0. The van der Waals surface area contributed by atoms with Gasteiger partial charge in [0.05, 0.1) is 0 Å². The maximum Gasteiger partial charge on any atom is 0.344 e. The fraction of sp³-hybridized carbons (Fsp3) is 0.167. The average molecular weight is 404 g/mol. The largest absolute Gasteiger partial charge is 0.482 e. The van der Waals surface area contributed by atoms with Gasteiger partial charge >= 0.3 is 5.97 Å². The van der Waals surface area contributed by atoms with Gasteiger partial charge < -0.3 is 20.1 Å². The second kappa shape index (κ2) is 10.1. The SMILES string of the molecule is Cc1cc(C)cc(NC(=O)COC(=O)COc2ccc(Nc3ccccc3)cc2)c1. The first-order chi connectivity index (χ1) is 14.5. The number of hydrogen-bond acceptors (Lipinski definition) is 5. The third-order valence-electron chi connectivity index (χ3n) is 4.14. The molecule has 0 atom stereocenters. The third kappa shape index (κ3) is 6.67. The lowest BCUT2D eigenvalue weighted by molar-refractivity contribution is -0.149. The minimum Gasteiger partial charge on any atom is -0.482 e. The van der Waals surface area contributed by atoms with Crippen molar-refractivity contribution >= 4 is 28.9 Å². The second-order valence-electron chi connectivity index (χ2n) is 6.89. The Morgan fingerprint density at radius 2 is 1.40 bits per heavy atom. The van der Waals surface area contributed by atoms with E-state index < -0.39 is 11.9 Å². The van der Waals surface area contributed by atoms with Gasteiger partial charge in [-0.1, -0.05) is 24.3 Å². The van der Waals surface area contributed by atoms with E-state index in [4.69, 9.17) is 9.47 Å². The highest BCUT2D eigenvalue weighted by molar-refractivity contribution is 5.93. The van der Waals surface area contributed by atoms with E-state index >= 15 is 0 Å². The van der Waals surface area contributed by atoms with Crippen molar-refractivity contribution < 1.29 is 19.1 Å². The van der Waals surface area contributed by atoms with E-state index in [1.165, 1.54) is 0 Å². The number of esters is 1. The highest BCUT2D eigenvalue weighted by Gasteiger charge is 2.09. The van der Waals surface area contributed by atoms with Crippen LogP contribution in [0.5, 0.6) is 5.75 Å². The maximum absolute atomic E-state index is 12.0. The molecule has 0 aliphatic carbocycles. The van der Waals surface area contributed by atoms with Crippen molar-refractivity contribution in [2.75, 3.05) is 23.8 Å². The minimum absolute atomic E-state index is 0.276. The van der Waals surface area contributed by atoms with Gasteiger partial charge in [0.25, 0.3) is 5.91 Å². The second-order valence-corrected chi connectivity index (χ2v) is 6.89. The van der Waals surface area contributed by atoms with Crippen LogP contribution in [0.3, 0.4) is 0 Å². The number of benzene rings is 3. The van der Waals surface area contributed by atoms with Gasteiger partial charge in [-0.05, 0) is 73.5 Å². The van der Waals surface area contributed by atoms with Crippen molar-refractivity contribution in [2.24, 2.45) is 0 Å². The standard InChI is InChI=1S/C24H24N2O4/c1-17-12-18(2)14-21(13-17)26-23(27)15-30-24(28)16-29-22-10-8-20(9-11-22)25-19-6-4-3-5-7-19/h3-14,25H,15-16H2,1-2H3,(H,26,27). The van der Waals surface area contributed by atoms with Crippen molar-refractivity contribution in [3.8, 4) is 5.75 Å². The summed E-state index contributed by atoms with van der Waals surface area (Å²) in [6.45, 7) is 3.26. The third-order valence-corrected chi connectivity index (χ3v) is 4.14. The van der Waals surface area contributed by atoms with Gasteiger partial charge in [-0.3, -0.25) is 4.79 Å². The van der Waals surface area contributed by atoms with E-state index in [0.29, 0.717) is 11.4 Å². The molecule has 0 aliphatic heterocycles. The van der Waals surface area contributed by atoms with Gasteiger partial charge in [0, 0.05) is 17.1 Å². The lowest BCUT2D eigenvalue weighted by Crippen LogP contribution is -2.23. The topological polar surface area (TPSA) is 76.7 Å². The van der Waals surface area contributed by atoms with Gasteiger partial charge in [0.1, 0.15) is 5.75 Å². The number of carbonyl (C=O) groups excluding carboxylic acids is 2. The molecule has 3 aromatic rings. The highest BCUT2D eigenvalue weighted by atomic mass is 16.6. The lowest BCUT2D eigenvalue weighted by atomic mass is 10.1. The number of rotatable bonds is 8. The van der Waals surface area contributed by atoms with Crippen molar-refractivity contribution in [3.05, 3.63) is 83.9 Å². The number of ether oxygens (including phenoxy) is 2. The fourth-order valence-corrected chi connectivity index (χ4v) is 2.90. The van der Waals surface area contributed by atoms with Gasteiger partial charge in [-0.25, -0.2) is 4.79 Å². The highest BCUT2D eigenvalue weighted by Crippen LogP contribution is 2.20. The average Bonchev–Trinajstić information content (AvgIpc) is 2.72. The predicted octanol–water partition coefficient (Wildman–Crippen LogP) is 4.61. The normalized spacial score (nSPS) is 10.2. The van der Waals surface area contributed by atoms with E-state index in [2.05, 4.69) is 10.6 Å². The first kappa shape index (κ1) is 20.9. The number of amides is 1. The summed E-state index contributed by atoms with van der Waals surface area (Å²) in [5, 5.41) is 5.98. The lowest BCUT2D eigenvalue weighted by Gasteiger charge is -2.10. The quantitative estimate of drug-likeness (QED) is 0.536. The minimum atomic E-state index is -0.614. The summed E-state index contributed by atoms with van der Waals surface area (Å²) in [5.74, 6) is -0.480. The number of carbonyl (C=O) groups is 2. The van der Waals surface area contributed by atoms with E-state index in [1.54, 1.807) is 12.1 Å². The van der Waals surface area contributed by atoms with Crippen LogP contribution in [-0.4, -0.2) is 25.1 Å². The number of aryl methyl sites for hydroxylation is 2. The molecule has 0 heterocycles. The summed E-state index contributed by atoms with van der Waals surface area (Å²) in [6, 6.07) is 22.7. The molecule has 0 saturated carbocycles. The Hall–Kier alpha value is -3.80. The van der Waals surface area contributed by atoms with E-state index in [-0.39, 0.29) is 13.2 Å². The summed E-state index contributed by atoms with van der Waals surface area (Å²) in [5.41, 5.74) is 4.64. The van der Waals surface area contributed by atoms with Crippen molar-refractivity contribution in [1.29, 1.82) is 0 Å². The molecule has 0 radical (unpaired) electrons. The summed E-state index contributed by atoms with van der Waals surface area (Å²) in [4.78, 5) is 23.8. The summed E-state index contributed by atoms with van der Waals surface area (Å²) >= 11 is 0. The van der Waals surface area contributed by atoms with Crippen LogP contribution < -0.4 is 15.4 Å². The number of para-hydroxylation sites is 1. The Kier molecular flexibility index (Phi) is 7.05. The zero-order valence-electron chi connectivity index (χ0n) is 17.0. The number of nitrogens with one attached hydrogen (secondary N) is 2. The van der Waals surface area contributed by atoms with Crippen LogP contribution in [0.25, 0.3) is 0 Å². The van der Waals surface area contributed by atoms with Crippen LogP contribution in [0, 0.1) is 13.8 Å². The summed E-state index contributed by atoms with van der Waals surface area (Å²) < 4.78 is 10.4. The molecule has 3 aromatic carbocycles. The Balaban J connectivity index is 1.40. The Morgan fingerprint density at radius 1 is 0.767 bits per heavy atom. The van der Waals surface area contributed by atoms with Crippen molar-refractivity contribution in [3.63, 3.8) is 0 Å². The molecule has 0 aromatic heterocycles. The smallest absolute Gasteiger partial charge is 0.344 e. The first-order valence-corrected chi connectivity index (χ1v) is 9.57. The Labute approximate surface area is 175 Å². The molecule has 0 fully saturated rings. The molecule has 3 rings (SSSR count). The van der Waals surface area contributed by atoms with Crippen molar-refractivity contribution in [2.45, 2.75) is 13.8 Å². The molecule has 2 N–H and O–H groups in total. The molecule has 0 aliphatic rings. The molecule has 0 unspecified atom stereocenters. The first-order valence-electron chi connectivity index (χ1n) is 9.57. The van der Waals surface area contributed by atoms with Gasteiger partial charge in [-0.2, -0.15) is 0 Å². The Morgan fingerprint density at radius 3 is 2.07 bits per heavy atom. The van der Waals surface area contributed by atoms with E-state index in [0.717, 1.165) is 22.5 Å². The molecular formula is C24H24N2O4. The van der Waals surface area contributed by atoms with Crippen LogP contribution in [0.2, 0.25) is 0 Å². The molecular weight excluding hydrogens is 380 g/mol. The van der Waals surface area contributed by atoms with Crippen molar-refractivity contribution in [1.82, 2.24) is 0 Å². The molecule has 0 saturated heterocycles. The zero-order valence-corrected chi connectivity index (χ0v) is 17.0. The van der Waals surface area contributed by atoms with Crippen LogP contribution in [0.15, 0.2) is 72.8 Å². The molecule has 6 heteroatoms. The van der Waals surface area contributed by atoms with Crippen LogP contribution in [-0.2, 0) is 14.3 Å². The van der Waals surface area contributed by atoms with Gasteiger partial charge in [0.2, 0.25) is 0 Å². The van der Waals surface area contributed by atoms with E-state index in [9.17, 15) is 9.59 Å². The van der Waals surface area contributed by atoms with E-state index in [1.807, 2.05) is 74.5 Å². The van der Waals surface area contributed by atoms with Crippen LogP contribution >= 0.6 is 0 Å². The number of anilines is 3. The van der Waals surface area contributed by atoms with Gasteiger partial charge in [-0.15, -0.1) is 0 Å². The van der Waals surface area contributed by atoms with Gasteiger partial charge in [0.15, 0.2) is 13.2 Å².